The minimum absolute atomic E-state index is 0.180. The van der Waals surface area contributed by atoms with Gasteiger partial charge in [-0.05, 0) is 42.1 Å². The number of pyridine rings is 3. The lowest BCUT2D eigenvalue weighted by molar-refractivity contribution is 0.210. The Bertz CT molecular complexity index is 908. The molecule has 3 N–H and O–H groups in total. The molecule has 0 aliphatic carbocycles. The summed E-state index contributed by atoms with van der Waals surface area (Å²) in [5, 5.41) is 7.65. The van der Waals surface area contributed by atoms with E-state index in [1.807, 2.05) is 45.0 Å². The number of hydrogen-bond donors (Lipinski definition) is 3. The van der Waals surface area contributed by atoms with Crippen LogP contribution in [0.1, 0.15) is 19.4 Å². The molecule has 0 unspecified atom stereocenters. The zero-order valence-corrected chi connectivity index (χ0v) is 15.6. The molecule has 0 radical (unpaired) electrons. The largest absolute Gasteiger partial charge is 0.383 e. The molecule has 0 amide bonds. The second kappa shape index (κ2) is 9.53. The van der Waals surface area contributed by atoms with Crippen LogP contribution in [-0.2, 0) is 4.74 Å². The van der Waals surface area contributed by atoms with Crippen molar-refractivity contribution in [2.45, 2.75) is 20.8 Å². The van der Waals surface area contributed by atoms with Crippen molar-refractivity contribution in [3.05, 3.63) is 52.6 Å². The molecule has 0 saturated carbocycles. The van der Waals surface area contributed by atoms with E-state index in [-0.39, 0.29) is 5.56 Å². The molecule has 0 spiro atoms. The highest BCUT2D eigenvalue weighted by molar-refractivity contribution is 5.93. The SMILES string of the molecule is CC.COCCNc1nc(Nc2cc(C)ccn2)cc2cc[nH]c(=O)c12. The van der Waals surface area contributed by atoms with Crippen molar-refractivity contribution < 1.29 is 4.74 Å². The fourth-order valence-electron chi connectivity index (χ4n) is 2.41. The molecule has 26 heavy (non-hydrogen) atoms. The van der Waals surface area contributed by atoms with E-state index in [4.69, 9.17) is 4.74 Å². The Morgan fingerprint density at radius 1 is 1.19 bits per heavy atom. The van der Waals surface area contributed by atoms with Gasteiger partial charge in [0.15, 0.2) is 0 Å². The number of H-pyrrole nitrogens is 1. The van der Waals surface area contributed by atoms with Crippen molar-refractivity contribution in [3.63, 3.8) is 0 Å². The Morgan fingerprint density at radius 2 is 2.00 bits per heavy atom. The van der Waals surface area contributed by atoms with Crippen LogP contribution in [-0.4, -0.2) is 35.2 Å². The molecule has 0 fully saturated rings. The molecule has 7 nitrogen and oxygen atoms in total. The predicted octanol–water partition coefficient (Wildman–Crippen LogP) is 3.45. The number of aromatic amines is 1. The molecule has 3 heterocycles. The van der Waals surface area contributed by atoms with Crippen LogP contribution in [0.2, 0.25) is 0 Å². The number of methoxy groups -OCH3 is 1. The minimum atomic E-state index is -0.180. The van der Waals surface area contributed by atoms with E-state index in [0.717, 1.165) is 10.9 Å². The van der Waals surface area contributed by atoms with Gasteiger partial charge in [-0.15, -0.1) is 0 Å². The fourth-order valence-corrected chi connectivity index (χ4v) is 2.41. The van der Waals surface area contributed by atoms with Gasteiger partial charge in [0.05, 0.1) is 12.0 Å². The van der Waals surface area contributed by atoms with Crippen LogP contribution in [0, 0.1) is 6.92 Å². The van der Waals surface area contributed by atoms with Crippen LogP contribution in [0.3, 0.4) is 0 Å². The molecule has 3 rings (SSSR count). The summed E-state index contributed by atoms with van der Waals surface area (Å²) in [6.45, 7) is 7.07. The molecular formula is C19H25N5O2. The number of ether oxygens (including phenoxy) is 1. The number of aryl methyl sites for hydroxylation is 1. The summed E-state index contributed by atoms with van der Waals surface area (Å²) in [6, 6.07) is 7.53. The maximum atomic E-state index is 12.1. The van der Waals surface area contributed by atoms with Crippen molar-refractivity contribution in [1.82, 2.24) is 15.0 Å². The third kappa shape index (κ3) is 4.80. The highest BCUT2D eigenvalue weighted by atomic mass is 16.5. The summed E-state index contributed by atoms with van der Waals surface area (Å²) in [4.78, 5) is 23.6. The molecule has 138 valence electrons. The van der Waals surface area contributed by atoms with Crippen LogP contribution < -0.4 is 16.2 Å². The molecule has 0 atom stereocenters. The average Bonchev–Trinajstić information content (AvgIpc) is 2.63. The number of nitrogens with one attached hydrogen (secondary N) is 3. The van der Waals surface area contributed by atoms with Gasteiger partial charge >= 0.3 is 0 Å². The quantitative estimate of drug-likeness (QED) is 0.587. The number of rotatable bonds is 6. The molecule has 0 bridgehead atoms. The number of fused-ring (bicyclic) bond motifs is 1. The fraction of sp³-hybridized carbons (Fsp3) is 0.316. The van der Waals surface area contributed by atoms with Gasteiger partial charge in [-0.1, -0.05) is 13.8 Å². The van der Waals surface area contributed by atoms with Gasteiger partial charge < -0.3 is 20.4 Å². The first-order chi connectivity index (χ1) is 12.7. The lowest BCUT2D eigenvalue weighted by Crippen LogP contribution is -2.14. The Morgan fingerprint density at radius 3 is 2.73 bits per heavy atom. The second-order valence-electron chi connectivity index (χ2n) is 5.39. The third-order valence-electron chi connectivity index (χ3n) is 3.52. The Kier molecular flexibility index (Phi) is 7.11. The van der Waals surface area contributed by atoms with Crippen LogP contribution in [0.4, 0.5) is 17.5 Å². The summed E-state index contributed by atoms with van der Waals surface area (Å²) in [7, 11) is 1.63. The van der Waals surface area contributed by atoms with Gasteiger partial charge in [0, 0.05) is 26.0 Å². The lowest BCUT2D eigenvalue weighted by Gasteiger charge is -2.12. The number of aromatic nitrogens is 3. The van der Waals surface area contributed by atoms with E-state index in [9.17, 15) is 4.79 Å². The van der Waals surface area contributed by atoms with E-state index < -0.39 is 0 Å². The van der Waals surface area contributed by atoms with Gasteiger partial charge in [0.2, 0.25) is 0 Å². The smallest absolute Gasteiger partial charge is 0.259 e. The molecule has 3 aromatic rings. The first-order valence-corrected chi connectivity index (χ1v) is 8.62. The van der Waals surface area contributed by atoms with E-state index in [1.165, 1.54) is 0 Å². The standard InChI is InChI=1S/C17H19N5O2.C2H6/c1-11-3-5-18-13(9-11)21-14-10-12-4-6-20-17(23)15(12)16(22-14)19-7-8-24-2;1-2/h3-6,9-10H,7-8H2,1-2H3,(H,20,23)(H2,18,19,21,22);1-2H3. The highest BCUT2D eigenvalue weighted by Crippen LogP contribution is 2.23. The van der Waals surface area contributed by atoms with Crippen molar-refractivity contribution in [1.29, 1.82) is 0 Å². The molecule has 0 aliphatic heterocycles. The number of nitrogens with zero attached hydrogens (tertiary/aromatic N) is 2. The molecule has 0 saturated heterocycles. The normalized spacial score (nSPS) is 10.2. The summed E-state index contributed by atoms with van der Waals surface area (Å²) in [6.07, 6.45) is 3.36. The molecule has 0 aromatic carbocycles. The Hall–Kier alpha value is -2.93. The van der Waals surface area contributed by atoms with Gasteiger partial charge in [0.25, 0.3) is 5.56 Å². The molecule has 0 aliphatic rings. The minimum Gasteiger partial charge on any atom is -0.383 e. The number of anilines is 3. The Balaban J connectivity index is 0.00000117. The summed E-state index contributed by atoms with van der Waals surface area (Å²) >= 11 is 0. The first kappa shape index (κ1) is 19.4. The molecule has 3 aromatic heterocycles. The van der Waals surface area contributed by atoms with Crippen LogP contribution in [0.15, 0.2) is 41.5 Å². The van der Waals surface area contributed by atoms with E-state index in [0.29, 0.717) is 36.0 Å². The van der Waals surface area contributed by atoms with Crippen LogP contribution in [0.25, 0.3) is 10.8 Å². The zero-order chi connectivity index (χ0) is 18.9. The zero-order valence-electron chi connectivity index (χ0n) is 15.6. The van der Waals surface area contributed by atoms with Gasteiger partial charge in [-0.3, -0.25) is 4.79 Å². The Labute approximate surface area is 152 Å². The summed E-state index contributed by atoms with van der Waals surface area (Å²) < 4.78 is 5.04. The van der Waals surface area contributed by atoms with Gasteiger partial charge in [-0.2, -0.15) is 0 Å². The number of hydrogen-bond acceptors (Lipinski definition) is 6. The average molecular weight is 355 g/mol. The monoisotopic (exact) mass is 355 g/mol. The maximum absolute atomic E-state index is 12.1. The first-order valence-electron chi connectivity index (χ1n) is 8.62. The van der Waals surface area contributed by atoms with Crippen LogP contribution >= 0.6 is 0 Å². The van der Waals surface area contributed by atoms with Crippen molar-refractivity contribution >= 4 is 28.2 Å². The topological polar surface area (TPSA) is 91.9 Å². The summed E-state index contributed by atoms with van der Waals surface area (Å²) in [5.41, 5.74) is 0.920. The summed E-state index contributed by atoms with van der Waals surface area (Å²) in [5.74, 6) is 1.84. The lowest BCUT2D eigenvalue weighted by atomic mass is 10.2. The molecular weight excluding hydrogens is 330 g/mol. The highest BCUT2D eigenvalue weighted by Gasteiger charge is 2.10. The predicted molar refractivity (Wildman–Crippen MR) is 106 cm³/mol. The van der Waals surface area contributed by atoms with E-state index in [2.05, 4.69) is 25.6 Å². The van der Waals surface area contributed by atoms with E-state index >= 15 is 0 Å². The molecule has 7 heteroatoms. The van der Waals surface area contributed by atoms with Crippen molar-refractivity contribution in [2.24, 2.45) is 0 Å². The van der Waals surface area contributed by atoms with Crippen molar-refractivity contribution in [3.8, 4) is 0 Å². The van der Waals surface area contributed by atoms with Gasteiger partial charge in [0.1, 0.15) is 17.5 Å². The third-order valence-corrected chi connectivity index (χ3v) is 3.52. The van der Waals surface area contributed by atoms with E-state index in [1.54, 1.807) is 19.5 Å². The van der Waals surface area contributed by atoms with Crippen molar-refractivity contribution in [2.75, 3.05) is 30.9 Å². The van der Waals surface area contributed by atoms with Crippen LogP contribution in [0.5, 0.6) is 0 Å². The maximum Gasteiger partial charge on any atom is 0.259 e. The van der Waals surface area contributed by atoms with Gasteiger partial charge in [-0.25, -0.2) is 9.97 Å². The second-order valence-corrected chi connectivity index (χ2v) is 5.39.